The van der Waals surface area contributed by atoms with Crippen molar-refractivity contribution >= 4 is 29.3 Å². The number of nitrogens with one attached hydrogen (secondary N) is 2. The lowest BCUT2D eigenvalue weighted by molar-refractivity contribution is -0.137. The number of hydrogen-bond donors (Lipinski definition) is 2. The summed E-state index contributed by atoms with van der Waals surface area (Å²) in [6.45, 7) is 3.10. The van der Waals surface area contributed by atoms with Crippen molar-refractivity contribution in [2.24, 2.45) is 0 Å². The first-order valence-electron chi connectivity index (χ1n) is 8.51. The maximum absolute atomic E-state index is 12.9. The molecule has 1 heterocycles. The molecule has 0 spiro atoms. The lowest BCUT2D eigenvalue weighted by Crippen LogP contribution is -2.49. The minimum atomic E-state index is -4.60. The zero-order valence-corrected chi connectivity index (χ0v) is 15.5. The first-order chi connectivity index (χ1) is 12.7. The molecule has 2 rings (SSSR count). The highest BCUT2D eigenvalue weighted by Gasteiger charge is 2.33. The molecule has 1 unspecified atom stereocenters. The van der Waals surface area contributed by atoms with E-state index in [2.05, 4.69) is 10.6 Å². The number of ether oxygens (including phenoxy) is 1. The number of piperidine rings is 1. The topological polar surface area (TPSA) is 70.7 Å². The van der Waals surface area contributed by atoms with Crippen molar-refractivity contribution in [3.05, 3.63) is 28.8 Å². The number of alkyl carbamates (subject to hydrolysis) is 1. The van der Waals surface area contributed by atoms with E-state index in [0.29, 0.717) is 13.1 Å². The van der Waals surface area contributed by atoms with Gasteiger partial charge in [0.05, 0.1) is 23.7 Å². The van der Waals surface area contributed by atoms with Crippen molar-refractivity contribution in [2.75, 3.05) is 31.6 Å². The van der Waals surface area contributed by atoms with E-state index in [9.17, 15) is 22.8 Å². The Morgan fingerprint density at radius 3 is 2.78 bits per heavy atom. The fraction of sp³-hybridized carbons (Fsp3) is 0.529. The molecule has 0 saturated carbocycles. The molecular formula is C17H21ClF3N3O3. The molecule has 6 nitrogen and oxygen atoms in total. The number of alkyl halides is 3. The lowest BCUT2D eigenvalue weighted by Gasteiger charge is -2.32. The maximum atomic E-state index is 12.9. The van der Waals surface area contributed by atoms with Gasteiger partial charge in [0.15, 0.2) is 0 Å². The number of carbonyl (C=O) groups is 2. The second-order valence-corrected chi connectivity index (χ2v) is 6.59. The van der Waals surface area contributed by atoms with E-state index < -0.39 is 28.8 Å². The molecule has 1 aliphatic heterocycles. The molecule has 0 radical (unpaired) electrons. The molecule has 1 aliphatic rings. The number of anilines is 1. The van der Waals surface area contributed by atoms with E-state index in [1.165, 1.54) is 6.07 Å². The number of benzene rings is 1. The van der Waals surface area contributed by atoms with Gasteiger partial charge in [-0.25, -0.2) is 4.79 Å². The van der Waals surface area contributed by atoms with E-state index in [0.717, 1.165) is 25.0 Å². The second-order valence-electron chi connectivity index (χ2n) is 6.18. The zero-order valence-electron chi connectivity index (χ0n) is 14.7. The van der Waals surface area contributed by atoms with E-state index >= 15 is 0 Å². The standard InChI is InChI=1S/C17H21ClF3N3O3/c1-2-27-16(26)23-12-4-3-7-24(9-12)10-15(25)22-11-5-6-14(18)13(8-11)17(19,20)21/h5-6,8,12H,2-4,7,9-10H2,1H3,(H,22,25)(H,23,26). The second kappa shape index (κ2) is 9.27. The van der Waals surface area contributed by atoms with Crippen molar-refractivity contribution in [3.8, 4) is 0 Å². The summed E-state index contributed by atoms with van der Waals surface area (Å²) >= 11 is 5.57. The Labute approximate surface area is 160 Å². The summed E-state index contributed by atoms with van der Waals surface area (Å²) < 4.78 is 43.5. The number of nitrogens with zero attached hydrogens (tertiary/aromatic N) is 1. The molecule has 1 aromatic rings. The lowest BCUT2D eigenvalue weighted by atomic mass is 10.1. The monoisotopic (exact) mass is 407 g/mol. The van der Waals surface area contributed by atoms with Gasteiger partial charge in [0.25, 0.3) is 0 Å². The van der Waals surface area contributed by atoms with Crippen LogP contribution in [0.2, 0.25) is 5.02 Å². The SMILES string of the molecule is CCOC(=O)NC1CCCN(CC(=O)Nc2ccc(Cl)c(C(F)(F)F)c2)C1. The van der Waals surface area contributed by atoms with Crippen LogP contribution in [0.1, 0.15) is 25.3 Å². The Balaban J connectivity index is 1.91. The van der Waals surface area contributed by atoms with E-state index in [-0.39, 0.29) is 24.9 Å². The fourth-order valence-electron chi connectivity index (χ4n) is 2.88. The molecule has 150 valence electrons. The number of hydrogen-bond acceptors (Lipinski definition) is 4. The Morgan fingerprint density at radius 1 is 1.37 bits per heavy atom. The quantitative estimate of drug-likeness (QED) is 0.783. The predicted molar refractivity (Wildman–Crippen MR) is 94.7 cm³/mol. The van der Waals surface area contributed by atoms with Crippen LogP contribution in [0, 0.1) is 0 Å². The summed E-state index contributed by atoms with van der Waals surface area (Å²) in [5.41, 5.74) is -0.978. The molecule has 1 fully saturated rings. The molecule has 2 N–H and O–H groups in total. The highest BCUT2D eigenvalue weighted by molar-refractivity contribution is 6.31. The van der Waals surface area contributed by atoms with Crippen LogP contribution in [0.4, 0.5) is 23.7 Å². The van der Waals surface area contributed by atoms with Crippen molar-refractivity contribution in [1.82, 2.24) is 10.2 Å². The van der Waals surface area contributed by atoms with Gasteiger partial charge in [-0.15, -0.1) is 0 Å². The minimum absolute atomic E-state index is 0.00494. The van der Waals surface area contributed by atoms with Gasteiger partial charge in [0, 0.05) is 18.3 Å². The smallest absolute Gasteiger partial charge is 0.417 e. The molecule has 2 amide bonds. The van der Waals surface area contributed by atoms with Gasteiger partial charge in [0.1, 0.15) is 0 Å². The third kappa shape index (κ3) is 6.59. The normalized spacial score (nSPS) is 18.0. The van der Waals surface area contributed by atoms with Gasteiger partial charge in [0.2, 0.25) is 5.91 Å². The summed E-state index contributed by atoms with van der Waals surface area (Å²) in [6.07, 6.45) is -3.56. The van der Waals surface area contributed by atoms with E-state index in [1.807, 2.05) is 4.90 Å². The molecule has 0 aromatic heterocycles. The zero-order chi connectivity index (χ0) is 20.0. The van der Waals surface area contributed by atoms with Crippen molar-refractivity contribution in [1.29, 1.82) is 0 Å². The fourth-order valence-corrected chi connectivity index (χ4v) is 3.10. The molecule has 0 bridgehead atoms. The third-order valence-corrected chi connectivity index (χ3v) is 4.36. The van der Waals surface area contributed by atoms with Gasteiger partial charge in [-0.2, -0.15) is 13.2 Å². The van der Waals surface area contributed by atoms with Crippen LogP contribution in [0.15, 0.2) is 18.2 Å². The average molecular weight is 408 g/mol. The molecule has 0 aliphatic carbocycles. The number of amides is 2. The molecule has 1 saturated heterocycles. The van der Waals surface area contributed by atoms with E-state index in [1.54, 1.807) is 6.92 Å². The van der Waals surface area contributed by atoms with E-state index in [4.69, 9.17) is 16.3 Å². The maximum Gasteiger partial charge on any atom is 0.417 e. The van der Waals surface area contributed by atoms with Gasteiger partial charge in [-0.05, 0) is 44.5 Å². The van der Waals surface area contributed by atoms with Crippen LogP contribution in [0.25, 0.3) is 0 Å². The van der Waals surface area contributed by atoms with Gasteiger partial charge >= 0.3 is 12.3 Å². The largest absolute Gasteiger partial charge is 0.450 e. The number of carbonyl (C=O) groups excluding carboxylic acids is 2. The highest BCUT2D eigenvalue weighted by atomic mass is 35.5. The first kappa shape index (κ1) is 21.3. The van der Waals surface area contributed by atoms with Crippen molar-refractivity contribution in [3.63, 3.8) is 0 Å². The molecule has 10 heteroatoms. The van der Waals surface area contributed by atoms with Gasteiger partial charge in [-0.1, -0.05) is 11.6 Å². The van der Waals surface area contributed by atoms with Gasteiger partial charge in [-0.3, -0.25) is 9.69 Å². The van der Waals surface area contributed by atoms with Crippen LogP contribution in [-0.2, 0) is 15.7 Å². The average Bonchev–Trinajstić information content (AvgIpc) is 2.56. The molecular weight excluding hydrogens is 387 g/mol. The van der Waals surface area contributed by atoms with Crippen molar-refractivity contribution in [2.45, 2.75) is 32.0 Å². The van der Waals surface area contributed by atoms with Crippen molar-refractivity contribution < 1.29 is 27.5 Å². The summed E-state index contributed by atoms with van der Waals surface area (Å²) in [6, 6.07) is 3.08. The summed E-state index contributed by atoms with van der Waals surface area (Å²) in [7, 11) is 0. The summed E-state index contributed by atoms with van der Waals surface area (Å²) in [4.78, 5) is 25.5. The van der Waals surface area contributed by atoms with Crippen LogP contribution in [0.5, 0.6) is 0 Å². The Bertz CT molecular complexity index is 685. The minimum Gasteiger partial charge on any atom is -0.450 e. The number of likely N-dealkylation sites (tertiary alicyclic amines) is 1. The van der Waals surface area contributed by atoms with Crippen LogP contribution in [-0.4, -0.2) is 49.2 Å². The summed E-state index contributed by atoms with van der Waals surface area (Å²) in [5, 5.41) is 4.76. The number of halogens is 4. The predicted octanol–water partition coefficient (Wildman–Crippen LogP) is 3.51. The molecule has 1 aromatic carbocycles. The Kier molecular flexibility index (Phi) is 7.32. The number of rotatable bonds is 5. The van der Waals surface area contributed by atoms with Crippen LogP contribution in [0.3, 0.4) is 0 Å². The highest BCUT2D eigenvalue weighted by Crippen LogP contribution is 2.36. The molecule has 1 atom stereocenters. The Hall–Kier alpha value is -2.00. The van der Waals surface area contributed by atoms with Crippen LogP contribution >= 0.6 is 11.6 Å². The summed E-state index contributed by atoms with van der Waals surface area (Å²) in [5.74, 6) is -0.442. The third-order valence-electron chi connectivity index (χ3n) is 4.03. The molecule has 27 heavy (non-hydrogen) atoms. The first-order valence-corrected chi connectivity index (χ1v) is 8.89. The van der Waals surface area contributed by atoms with Crippen LogP contribution < -0.4 is 10.6 Å². The van der Waals surface area contributed by atoms with Gasteiger partial charge < -0.3 is 15.4 Å². The Morgan fingerprint density at radius 2 is 2.11 bits per heavy atom.